The van der Waals surface area contributed by atoms with Gasteiger partial charge >= 0.3 is 5.97 Å². The molecule has 0 amide bonds. The summed E-state index contributed by atoms with van der Waals surface area (Å²) in [4.78, 5) is 12.7. The van der Waals surface area contributed by atoms with E-state index in [9.17, 15) is 4.79 Å². The van der Waals surface area contributed by atoms with Crippen molar-refractivity contribution < 1.29 is 19.4 Å². The Bertz CT molecular complexity index is 412. The van der Waals surface area contributed by atoms with Crippen LogP contribution < -0.4 is 10.6 Å². The maximum Gasteiger partial charge on any atom is 0.323 e. The van der Waals surface area contributed by atoms with Crippen LogP contribution in [0.4, 0.5) is 11.4 Å². The molecule has 1 rings (SSSR count). The molecule has 0 aromatic heterocycles. The molecule has 0 heterocycles. The van der Waals surface area contributed by atoms with E-state index in [1.165, 1.54) is 0 Å². The monoisotopic (exact) mass is 282 g/mol. The Balaban J connectivity index is 2.49. The number of ether oxygens (including phenoxy) is 2. The summed E-state index contributed by atoms with van der Waals surface area (Å²) in [6, 6.07) is 7.25. The van der Waals surface area contributed by atoms with E-state index < -0.39 is 5.97 Å². The van der Waals surface area contributed by atoms with Gasteiger partial charge in [-0.05, 0) is 18.6 Å². The second-order valence-electron chi connectivity index (χ2n) is 4.33. The Kier molecular flexibility index (Phi) is 7.46. The van der Waals surface area contributed by atoms with Gasteiger partial charge in [0.15, 0.2) is 0 Å². The summed E-state index contributed by atoms with van der Waals surface area (Å²) < 4.78 is 10.2. The van der Waals surface area contributed by atoms with Crippen LogP contribution >= 0.6 is 0 Å². The number of nitrogen functional groups attached to an aromatic ring is 1. The summed E-state index contributed by atoms with van der Waals surface area (Å²) in [6.07, 6.45) is 0.728. The van der Waals surface area contributed by atoms with Crippen LogP contribution in [0.2, 0.25) is 0 Å². The lowest BCUT2D eigenvalue weighted by molar-refractivity contribution is -0.135. The highest BCUT2D eigenvalue weighted by Gasteiger charge is 2.12. The molecule has 0 aliphatic rings. The van der Waals surface area contributed by atoms with Gasteiger partial charge in [0.25, 0.3) is 0 Å². The molecule has 112 valence electrons. The fourth-order valence-electron chi connectivity index (χ4n) is 1.83. The minimum absolute atomic E-state index is 0.0771. The second-order valence-corrected chi connectivity index (χ2v) is 4.33. The zero-order valence-electron chi connectivity index (χ0n) is 11.7. The summed E-state index contributed by atoms with van der Waals surface area (Å²) in [7, 11) is 1.62. The lowest BCUT2D eigenvalue weighted by atomic mass is 10.2. The van der Waals surface area contributed by atoms with Gasteiger partial charge in [-0.1, -0.05) is 12.1 Å². The first-order chi connectivity index (χ1) is 9.65. The van der Waals surface area contributed by atoms with Crippen LogP contribution in [0.25, 0.3) is 0 Å². The standard InChI is InChI=1S/C14H22N2O4/c1-19-9-10-20-8-4-7-16(11-14(17)18)13-6-3-2-5-12(13)15/h2-3,5-6H,4,7-11,15H2,1H3,(H,17,18). The number of methoxy groups -OCH3 is 1. The van der Waals surface area contributed by atoms with Gasteiger partial charge < -0.3 is 25.2 Å². The Hall–Kier alpha value is -1.79. The number of hydrogen-bond donors (Lipinski definition) is 2. The molecule has 0 aliphatic heterocycles. The van der Waals surface area contributed by atoms with Crippen molar-refractivity contribution in [1.29, 1.82) is 0 Å². The molecule has 0 aliphatic carbocycles. The maximum atomic E-state index is 10.9. The van der Waals surface area contributed by atoms with E-state index in [0.717, 1.165) is 12.1 Å². The van der Waals surface area contributed by atoms with Crippen LogP contribution in [0.3, 0.4) is 0 Å². The first kappa shape index (κ1) is 16.3. The van der Waals surface area contributed by atoms with Gasteiger partial charge in [0.2, 0.25) is 0 Å². The van der Waals surface area contributed by atoms with Crippen molar-refractivity contribution in [3.8, 4) is 0 Å². The molecular formula is C14H22N2O4. The molecule has 1 aromatic carbocycles. The Morgan fingerprint density at radius 2 is 2.05 bits per heavy atom. The van der Waals surface area contributed by atoms with Gasteiger partial charge in [-0.15, -0.1) is 0 Å². The first-order valence-corrected chi connectivity index (χ1v) is 6.53. The largest absolute Gasteiger partial charge is 0.480 e. The van der Waals surface area contributed by atoms with Crippen LogP contribution in [0.5, 0.6) is 0 Å². The van der Waals surface area contributed by atoms with Crippen molar-refractivity contribution in [2.75, 3.05) is 50.7 Å². The number of carbonyl (C=O) groups is 1. The maximum absolute atomic E-state index is 10.9. The lowest BCUT2D eigenvalue weighted by Gasteiger charge is -2.24. The lowest BCUT2D eigenvalue weighted by Crippen LogP contribution is -2.31. The van der Waals surface area contributed by atoms with Crippen molar-refractivity contribution in [3.05, 3.63) is 24.3 Å². The molecule has 0 saturated heterocycles. The highest BCUT2D eigenvalue weighted by Crippen LogP contribution is 2.22. The summed E-state index contributed by atoms with van der Waals surface area (Å²) >= 11 is 0. The summed E-state index contributed by atoms with van der Waals surface area (Å²) in [6.45, 7) is 2.17. The molecule has 6 heteroatoms. The second kappa shape index (κ2) is 9.17. The summed E-state index contributed by atoms with van der Waals surface area (Å²) in [5.41, 5.74) is 7.20. The third-order valence-corrected chi connectivity index (χ3v) is 2.75. The molecule has 20 heavy (non-hydrogen) atoms. The zero-order chi connectivity index (χ0) is 14.8. The number of benzene rings is 1. The Morgan fingerprint density at radius 1 is 1.30 bits per heavy atom. The van der Waals surface area contributed by atoms with Crippen molar-refractivity contribution in [3.63, 3.8) is 0 Å². The SMILES string of the molecule is COCCOCCCN(CC(=O)O)c1ccccc1N. The topological polar surface area (TPSA) is 85.0 Å². The van der Waals surface area contributed by atoms with Gasteiger partial charge in [-0.3, -0.25) is 4.79 Å². The predicted molar refractivity (Wildman–Crippen MR) is 78.0 cm³/mol. The molecule has 0 radical (unpaired) electrons. The number of nitrogens with zero attached hydrogens (tertiary/aromatic N) is 1. The van der Waals surface area contributed by atoms with Gasteiger partial charge in [0.05, 0.1) is 24.6 Å². The first-order valence-electron chi connectivity index (χ1n) is 6.53. The fourth-order valence-corrected chi connectivity index (χ4v) is 1.83. The molecule has 0 unspecified atom stereocenters. The van der Waals surface area contributed by atoms with E-state index in [4.69, 9.17) is 20.3 Å². The van der Waals surface area contributed by atoms with E-state index >= 15 is 0 Å². The van der Waals surface area contributed by atoms with E-state index in [2.05, 4.69) is 0 Å². The van der Waals surface area contributed by atoms with Gasteiger partial charge in [-0.25, -0.2) is 0 Å². The molecule has 0 bridgehead atoms. The zero-order valence-corrected chi connectivity index (χ0v) is 11.7. The Morgan fingerprint density at radius 3 is 2.70 bits per heavy atom. The number of carboxylic acid groups (broad SMARTS) is 1. The highest BCUT2D eigenvalue weighted by molar-refractivity contribution is 5.77. The van der Waals surface area contributed by atoms with Crippen LogP contribution in [0.1, 0.15) is 6.42 Å². The average Bonchev–Trinajstić information content (AvgIpc) is 2.41. The van der Waals surface area contributed by atoms with Crippen molar-refractivity contribution in [2.45, 2.75) is 6.42 Å². The van der Waals surface area contributed by atoms with Gasteiger partial charge in [0, 0.05) is 20.3 Å². The predicted octanol–water partition coefficient (Wildman–Crippen LogP) is 1.21. The van der Waals surface area contributed by atoms with E-state index in [0.29, 0.717) is 32.1 Å². The van der Waals surface area contributed by atoms with Crippen molar-refractivity contribution >= 4 is 17.3 Å². The number of aliphatic carboxylic acids is 1. The molecular weight excluding hydrogens is 260 g/mol. The van der Waals surface area contributed by atoms with Gasteiger partial charge in [-0.2, -0.15) is 0 Å². The summed E-state index contributed by atoms with van der Waals surface area (Å²) in [5, 5.41) is 8.98. The number of rotatable bonds is 10. The molecule has 3 N–H and O–H groups in total. The van der Waals surface area contributed by atoms with Crippen molar-refractivity contribution in [1.82, 2.24) is 0 Å². The van der Waals surface area contributed by atoms with E-state index in [-0.39, 0.29) is 6.54 Å². The number of para-hydroxylation sites is 2. The molecule has 6 nitrogen and oxygen atoms in total. The van der Waals surface area contributed by atoms with E-state index in [1.54, 1.807) is 18.1 Å². The smallest absolute Gasteiger partial charge is 0.323 e. The van der Waals surface area contributed by atoms with E-state index in [1.807, 2.05) is 18.2 Å². The van der Waals surface area contributed by atoms with Crippen molar-refractivity contribution in [2.24, 2.45) is 0 Å². The highest BCUT2D eigenvalue weighted by atomic mass is 16.5. The normalized spacial score (nSPS) is 10.4. The summed E-state index contributed by atoms with van der Waals surface area (Å²) in [5.74, 6) is -0.881. The molecule has 1 aromatic rings. The Labute approximate surface area is 119 Å². The molecule has 0 saturated carbocycles. The quantitative estimate of drug-likeness (QED) is 0.495. The van der Waals surface area contributed by atoms with Crippen LogP contribution in [0.15, 0.2) is 24.3 Å². The average molecular weight is 282 g/mol. The third kappa shape index (κ3) is 5.90. The minimum atomic E-state index is -0.881. The number of hydrogen-bond acceptors (Lipinski definition) is 5. The van der Waals surface area contributed by atoms with Crippen LogP contribution in [-0.2, 0) is 14.3 Å². The molecule has 0 fully saturated rings. The van der Waals surface area contributed by atoms with Crippen LogP contribution in [0, 0.1) is 0 Å². The third-order valence-electron chi connectivity index (χ3n) is 2.75. The number of carboxylic acids is 1. The minimum Gasteiger partial charge on any atom is -0.480 e. The molecule has 0 spiro atoms. The number of nitrogens with two attached hydrogens (primary N) is 1. The molecule has 0 atom stereocenters. The number of anilines is 2. The fraction of sp³-hybridized carbons (Fsp3) is 0.500. The van der Waals surface area contributed by atoms with Crippen LogP contribution in [-0.4, -0.2) is 51.1 Å². The van der Waals surface area contributed by atoms with Gasteiger partial charge in [0.1, 0.15) is 6.54 Å².